The van der Waals surface area contributed by atoms with Gasteiger partial charge in [-0.25, -0.2) is 9.50 Å². The number of nitrogens with zero attached hydrogens (tertiary/aromatic N) is 3. The molecule has 0 spiro atoms. The zero-order valence-corrected chi connectivity index (χ0v) is 16.6. The highest BCUT2D eigenvalue weighted by molar-refractivity contribution is 6.00. The molecular weight excluding hydrogens is 409 g/mol. The summed E-state index contributed by atoms with van der Waals surface area (Å²) in [5, 5.41) is 6.99. The second-order valence-electron chi connectivity index (χ2n) is 9.23. The first-order valence-corrected chi connectivity index (χ1v) is 10.7. The van der Waals surface area contributed by atoms with E-state index in [0.29, 0.717) is 16.4 Å². The van der Waals surface area contributed by atoms with Crippen molar-refractivity contribution in [3.8, 4) is 11.5 Å². The van der Waals surface area contributed by atoms with Crippen molar-refractivity contribution in [1.82, 2.24) is 19.9 Å². The quantitative estimate of drug-likeness (QED) is 0.661. The van der Waals surface area contributed by atoms with Gasteiger partial charge in [0.15, 0.2) is 17.1 Å². The molecule has 4 aliphatic rings. The lowest BCUT2D eigenvalue weighted by Crippen LogP contribution is -2.55. The minimum absolute atomic E-state index is 0.00833. The number of rotatable bonds is 3. The number of hydrogen-bond acceptors (Lipinski definition) is 4. The van der Waals surface area contributed by atoms with E-state index < -0.39 is 17.8 Å². The van der Waals surface area contributed by atoms with Crippen LogP contribution in [0.5, 0.6) is 0 Å². The van der Waals surface area contributed by atoms with Gasteiger partial charge >= 0.3 is 6.18 Å². The fourth-order valence-corrected chi connectivity index (χ4v) is 6.27. The number of halogens is 3. The normalized spacial score (nSPS) is 29.6. The average molecular weight is 430 g/mol. The van der Waals surface area contributed by atoms with E-state index in [2.05, 4.69) is 15.4 Å². The molecule has 0 atom stereocenters. The molecule has 0 aliphatic heterocycles. The lowest BCUT2D eigenvalue weighted by atomic mass is 9.54. The SMILES string of the molecule is O=C(NC1C2CC3CC(C2)CC1C3)c1cnn2c(C(F)(F)F)cc(-c3ccco3)nc12. The molecular formula is C22H21F3N4O2. The van der Waals surface area contributed by atoms with Gasteiger partial charge in [-0.1, -0.05) is 0 Å². The fraction of sp³-hybridized carbons (Fsp3) is 0.500. The van der Waals surface area contributed by atoms with Crippen LogP contribution in [0.1, 0.15) is 48.2 Å². The molecule has 1 amide bonds. The highest BCUT2D eigenvalue weighted by atomic mass is 19.4. The Bertz CT molecular complexity index is 1120. The molecule has 1 N–H and O–H groups in total. The topological polar surface area (TPSA) is 72.4 Å². The van der Waals surface area contributed by atoms with Crippen LogP contribution in [0.2, 0.25) is 0 Å². The molecule has 9 heteroatoms. The number of fused-ring (bicyclic) bond motifs is 1. The van der Waals surface area contributed by atoms with E-state index in [1.54, 1.807) is 6.07 Å². The first kappa shape index (κ1) is 18.9. The molecule has 3 heterocycles. The Kier molecular flexibility index (Phi) is 4.01. The second kappa shape index (κ2) is 6.58. The van der Waals surface area contributed by atoms with E-state index in [1.807, 2.05) is 0 Å². The van der Waals surface area contributed by atoms with Gasteiger partial charge in [0.25, 0.3) is 5.91 Å². The monoisotopic (exact) mass is 430 g/mol. The van der Waals surface area contributed by atoms with Crippen LogP contribution in [0.25, 0.3) is 17.1 Å². The van der Waals surface area contributed by atoms with E-state index in [1.165, 1.54) is 24.9 Å². The first-order chi connectivity index (χ1) is 14.9. The van der Waals surface area contributed by atoms with Crippen molar-refractivity contribution in [1.29, 1.82) is 0 Å². The van der Waals surface area contributed by atoms with Crippen LogP contribution in [-0.2, 0) is 6.18 Å². The standard InChI is InChI=1S/C22H21F3N4O2/c23-22(24,25)18-9-16(17-2-1-3-31-17)27-20-15(10-26-29(18)20)21(30)28-19-13-5-11-4-12(7-13)8-14(19)6-11/h1-3,9-14,19H,4-8H2,(H,28,30). The summed E-state index contributed by atoms with van der Waals surface area (Å²) in [6.45, 7) is 0. The van der Waals surface area contributed by atoms with Crippen LogP contribution in [0.15, 0.2) is 35.1 Å². The summed E-state index contributed by atoms with van der Waals surface area (Å²) in [5.74, 6) is 2.23. The number of carbonyl (C=O) groups is 1. The van der Waals surface area contributed by atoms with E-state index in [9.17, 15) is 18.0 Å². The smallest absolute Gasteiger partial charge is 0.433 e. The Labute approximate surface area is 175 Å². The van der Waals surface area contributed by atoms with Crippen molar-refractivity contribution in [3.63, 3.8) is 0 Å². The zero-order valence-electron chi connectivity index (χ0n) is 16.6. The van der Waals surface area contributed by atoms with Gasteiger partial charge in [0, 0.05) is 6.04 Å². The van der Waals surface area contributed by atoms with Crippen molar-refractivity contribution < 1.29 is 22.4 Å². The minimum Gasteiger partial charge on any atom is -0.463 e. The molecule has 3 aromatic heterocycles. The molecule has 4 saturated carbocycles. The third-order valence-electron chi connectivity index (χ3n) is 7.30. The number of alkyl halides is 3. The van der Waals surface area contributed by atoms with E-state index in [-0.39, 0.29) is 28.7 Å². The summed E-state index contributed by atoms with van der Waals surface area (Å²) < 4.78 is 47.0. The summed E-state index contributed by atoms with van der Waals surface area (Å²) in [4.78, 5) is 17.5. The summed E-state index contributed by atoms with van der Waals surface area (Å²) in [7, 11) is 0. The van der Waals surface area contributed by atoms with Crippen molar-refractivity contribution in [3.05, 3.63) is 41.9 Å². The number of aromatic nitrogens is 3. The summed E-state index contributed by atoms with van der Waals surface area (Å²) in [6, 6.07) is 4.07. The summed E-state index contributed by atoms with van der Waals surface area (Å²) in [6.07, 6.45) is 3.71. The Morgan fingerprint density at radius 1 is 1.13 bits per heavy atom. The number of carbonyl (C=O) groups excluding carboxylic acids is 1. The van der Waals surface area contributed by atoms with Gasteiger partial charge in [-0.15, -0.1) is 0 Å². The third kappa shape index (κ3) is 3.04. The first-order valence-electron chi connectivity index (χ1n) is 10.7. The maximum Gasteiger partial charge on any atom is 0.433 e. The molecule has 0 unspecified atom stereocenters. The number of furan rings is 1. The van der Waals surface area contributed by atoms with Gasteiger partial charge in [0.2, 0.25) is 0 Å². The highest BCUT2D eigenvalue weighted by Crippen LogP contribution is 2.53. The Balaban J connectivity index is 1.38. The van der Waals surface area contributed by atoms with Crippen LogP contribution in [0, 0.1) is 23.7 Å². The zero-order chi connectivity index (χ0) is 21.3. The highest BCUT2D eigenvalue weighted by Gasteiger charge is 2.48. The van der Waals surface area contributed by atoms with Crippen LogP contribution in [0.3, 0.4) is 0 Å². The number of hydrogen-bond donors (Lipinski definition) is 1. The van der Waals surface area contributed by atoms with Gasteiger partial charge in [0.05, 0.1) is 12.5 Å². The van der Waals surface area contributed by atoms with Crippen molar-refractivity contribution in [2.45, 2.75) is 44.3 Å². The van der Waals surface area contributed by atoms with E-state index >= 15 is 0 Å². The second-order valence-corrected chi connectivity index (χ2v) is 9.23. The summed E-state index contributed by atoms with van der Waals surface area (Å²) >= 11 is 0. The van der Waals surface area contributed by atoms with Crippen molar-refractivity contribution in [2.24, 2.45) is 23.7 Å². The molecule has 31 heavy (non-hydrogen) atoms. The lowest BCUT2D eigenvalue weighted by Gasteiger charge is -2.54. The molecule has 4 bridgehead atoms. The Morgan fingerprint density at radius 2 is 1.84 bits per heavy atom. The van der Waals surface area contributed by atoms with Crippen LogP contribution in [-0.4, -0.2) is 26.5 Å². The minimum atomic E-state index is -4.66. The van der Waals surface area contributed by atoms with Gasteiger partial charge in [-0.3, -0.25) is 4.79 Å². The van der Waals surface area contributed by atoms with E-state index in [0.717, 1.165) is 43.6 Å². The molecule has 3 aromatic rings. The largest absolute Gasteiger partial charge is 0.463 e. The fourth-order valence-electron chi connectivity index (χ4n) is 6.27. The predicted octanol–water partition coefficient (Wildman–Crippen LogP) is 4.56. The molecule has 6 nitrogen and oxygen atoms in total. The Hall–Kier alpha value is -2.84. The maximum absolute atomic E-state index is 13.7. The van der Waals surface area contributed by atoms with Gasteiger partial charge < -0.3 is 9.73 Å². The molecule has 0 aromatic carbocycles. The molecule has 0 saturated heterocycles. The average Bonchev–Trinajstić information content (AvgIpc) is 3.38. The molecule has 7 rings (SSSR count). The van der Waals surface area contributed by atoms with E-state index in [4.69, 9.17) is 4.42 Å². The molecule has 162 valence electrons. The van der Waals surface area contributed by atoms with Gasteiger partial charge in [-0.05, 0) is 74.0 Å². The number of amides is 1. The van der Waals surface area contributed by atoms with Gasteiger partial charge in [-0.2, -0.15) is 18.3 Å². The summed E-state index contributed by atoms with van der Waals surface area (Å²) in [5.41, 5.74) is -1.07. The molecule has 4 fully saturated rings. The van der Waals surface area contributed by atoms with Crippen molar-refractivity contribution in [2.75, 3.05) is 0 Å². The van der Waals surface area contributed by atoms with Crippen LogP contribution < -0.4 is 5.32 Å². The van der Waals surface area contributed by atoms with Crippen LogP contribution in [0.4, 0.5) is 13.2 Å². The lowest BCUT2D eigenvalue weighted by molar-refractivity contribution is -0.142. The van der Waals surface area contributed by atoms with Gasteiger partial charge in [0.1, 0.15) is 11.3 Å². The molecule has 0 radical (unpaired) electrons. The maximum atomic E-state index is 13.7. The molecule has 4 aliphatic carbocycles. The predicted molar refractivity (Wildman–Crippen MR) is 104 cm³/mol. The van der Waals surface area contributed by atoms with Crippen molar-refractivity contribution >= 4 is 11.6 Å². The number of nitrogens with one attached hydrogen (secondary N) is 1. The third-order valence-corrected chi connectivity index (χ3v) is 7.30. The van der Waals surface area contributed by atoms with Crippen LogP contribution >= 0.6 is 0 Å². The Morgan fingerprint density at radius 3 is 2.45 bits per heavy atom.